The highest BCUT2D eigenvalue weighted by Gasteiger charge is 2.00. The first kappa shape index (κ1) is 10.1. The quantitative estimate of drug-likeness (QED) is 0.745. The van der Waals surface area contributed by atoms with Crippen molar-refractivity contribution < 1.29 is 10.2 Å². The van der Waals surface area contributed by atoms with Crippen molar-refractivity contribution in [3.05, 3.63) is 29.8 Å². The maximum Gasteiger partial charge on any atom is 0.115 e. The van der Waals surface area contributed by atoms with Crippen molar-refractivity contribution in [3.8, 4) is 5.75 Å². The van der Waals surface area contributed by atoms with Gasteiger partial charge >= 0.3 is 0 Å². The van der Waals surface area contributed by atoms with E-state index in [9.17, 15) is 5.11 Å². The summed E-state index contributed by atoms with van der Waals surface area (Å²) in [5, 5.41) is 18.4. The molecule has 13 heavy (non-hydrogen) atoms. The summed E-state index contributed by atoms with van der Waals surface area (Å²) < 4.78 is 0. The predicted octanol–water partition coefficient (Wildman–Crippen LogP) is 2.10. The first-order valence-corrected chi connectivity index (χ1v) is 4.68. The van der Waals surface area contributed by atoms with Gasteiger partial charge in [0.2, 0.25) is 0 Å². The Morgan fingerprint density at radius 1 is 1.23 bits per heavy atom. The van der Waals surface area contributed by atoms with Gasteiger partial charge < -0.3 is 10.2 Å². The summed E-state index contributed by atoms with van der Waals surface area (Å²) in [6.45, 7) is 1.97. The van der Waals surface area contributed by atoms with Crippen molar-refractivity contribution in [1.29, 1.82) is 0 Å². The molecule has 0 aliphatic rings. The molecule has 2 N–H and O–H groups in total. The molecule has 0 fully saturated rings. The van der Waals surface area contributed by atoms with Crippen molar-refractivity contribution >= 4 is 0 Å². The largest absolute Gasteiger partial charge is 0.508 e. The molecule has 1 rings (SSSR count). The lowest BCUT2D eigenvalue weighted by Gasteiger charge is -2.06. The van der Waals surface area contributed by atoms with Gasteiger partial charge in [-0.1, -0.05) is 19.1 Å². The topological polar surface area (TPSA) is 40.5 Å². The van der Waals surface area contributed by atoms with Gasteiger partial charge in [0.15, 0.2) is 0 Å². The second-order valence-corrected chi connectivity index (χ2v) is 3.27. The van der Waals surface area contributed by atoms with Gasteiger partial charge in [0, 0.05) is 0 Å². The minimum absolute atomic E-state index is 0.200. The molecule has 0 amide bonds. The molecular formula is C11H16O2. The molecule has 1 atom stereocenters. The third-order valence-corrected chi connectivity index (χ3v) is 2.17. The van der Waals surface area contributed by atoms with Crippen molar-refractivity contribution in [2.45, 2.75) is 32.3 Å². The van der Waals surface area contributed by atoms with Gasteiger partial charge in [-0.25, -0.2) is 0 Å². The Hall–Kier alpha value is -1.02. The number of aromatic hydroxyl groups is 1. The van der Waals surface area contributed by atoms with Gasteiger partial charge in [0.25, 0.3) is 0 Å². The molecule has 0 saturated carbocycles. The minimum atomic E-state index is -0.200. The van der Waals surface area contributed by atoms with Crippen LogP contribution in [0.5, 0.6) is 5.75 Å². The van der Waals surface area contributed by atoms with Gasteiger partial charge in [-0.2, -0.15) is 0 Å². The summed E-state index contributed by atoms with van der Waals surface area (Å²) in [6, 6.07) is 7.12. The molecule has 0 heterocycles. The molecule has 2 heteroatoms. The van der Waals surface area contributed by atoms with Crippen molar-refractivity contribution in [1.82, 2.24) is 0 Å². The van der Waals surface area contributed by atoms with E-state index in [0.717, 1.165) is 24.8 Å². The monoisotopic (exact) mass is 180 g/mol. The van der Waals surface area contributed by atoms with Crippen molar-refractivity contribution in [2.75, 3.05) is 0 Å². The highest BCUT2D eigenvalue weighted by Crippen LogP contribution is 2.12. The van der Waals surface area contributed by atoms with Crippen molar-refractivity contribution in [2.24, 2.45) is 0 Å². The van der Waals surface area contributed by atoms with E-state index >= 15 is 0 Å². The van der Waals surface area contributed by atoms with Crippen LogP contribution in [0.2, 0.25) is 0 Å². The molecule has 0 radical (unpaired) electrons. The van der Waals surface area contributed by atoms with Crippen LogP contribution >= 0.6 is 0 Å². The van der Waals surface area contributed by atoms with Crippen LogP contribution in [-0.4, -0.2) is 16.3 Å². The van der Waals surface area contributed by atoms with Crippen LogP contribution in [-0.2, 0) is 6.42 Å². The summed E-state index contributed by atoms with van der Waals surface area (Å²) in [5.74, 6) is 0.291. The third kappa shape index (κ3) is 3.47. The SMILES string of the molecule is CCC(O)CCc1ccc(O)cc1. The Balaban J connectivity index is 2.41. The normalized spacial score (nSPS) is 12.8. The van der Waals surface area contributed by atoms with Gasteiger partial charge in [-0.05, 0) is 37.0 Å². The second-order valence-electron chi connectivity index (χ2n) is 3.27. The third-order valence-electron chi connectivity index (χ3n) is 2.17. The van der Waals surface area contributed by atoms with Crippen LogP contribution < -0.4 is 0 Å². The average Bonchev–Trinajstić information content (AvgIpc) is 2.16. The minimum Gasteiger partial charge on any atom is -0.508 e. The average molecular weight is 180 g/mol. The highest BCUT2D eigenvalue weighted by atomic mass is 16.3. The summed E-state index contributed by atoms with van der Waals surface area (Å²) in [6.07, 6.45) is 2.27. The Kier molecular flexibility index (Phi) is 3.77. The number of aliphatic hydroxyl groups is 1. The van der Waals surface area contributed by atoms with Crippen LogP contribution in [0, 0.1) is 0 Å². The zero-order valence-electron chi connectivity index (χ0n) is 7.90. The second kappa shape index (κ2) is 4.87. The zero-order valence-corrected chi connectivity index (χ0v) is 7.90. The Morgan fingerprint density at radius 3 is 2.38 bits per heavy atom. The number of benzene rings is 1. The van der Waals surface area contributed by atoms with E-state index in [0.29, 0.717) is 5.75 Å². The molecule has 1 aromatic rings. The molecule has 0 aliphatic heterocycles. The first-order chi connectivity index (χ1) is 6.22. The lowest BCUT2D eigenvalue weighted by Crippen LogP contribution is -2.05. The lowest BCUT2D eigenvalue weighted by molar-refractivity contribution is 0.160. The van der Waals surface area contributed by atoms with Crippen LogP contribution in [0.1, 0.15) is 25.3 Å². The number of phenols is 1. The van der Waals surface area contributed by atoms with E-state index in [1.165, 1.54) is 0 Å². The molecule has 72 valence electrons. The van der Waals surface area contributed by atoms with Gasteiger partial charge in [0.05, 0.1) is 6.10 Å². The fourth-order valence-corrected chi connectivity index (χ4v) is 1.20. The van der Waals surface area contributed by atoms with Gasteiger partial charge in [-0.3, -0.25) is 0 Å². The number of rotatable bonds is 4. The lowest BCUT2D eigenvalue weighted by atomic mass is 10.1. The number of aryl methyl sites for hydroxylation is 1. The maximum absolute atomic E-state index is 9.32. The van der Waals surface area contributed by atoms with E-state index in [1.54, 1.807) is 12.1 Å². The molecule has 2 nitrogen and oxygen atoms in total. The first-order valence-electron chi connectivity index (χ1n) is 4.68. The van der Waals surface area contributed by atoms with Crippen LogP contribution in [0.4, 0.5) is 0 Å². The zero-order chi connectivity index (χ0) is 9.68. The van der Waals surface area contributed by atoms with Crippen LogP contribution in [0.3, 0.4) is 0 Å². The fraction of sp³-hybridized carbons (Fsp3) is 0.455. The molecule has 1 unspecified atom stereocenters. The van der Waals surface area contributed by atoms with E-state index in [-0.39, 0.29) is 6.10 Å². The number of phenolic OH excluding ortho intramolecular Hbond substituents is 1. The Morgan fingerprint density at radius 2 is 1.85 bits per heavy atom. The van der Waals surface area contributed by atoms with Gasteiger partial charge in [-0.15, -0.1) is 0 Å². The van der Waals surface area contributed by atoms with E-state index < -0.39 is 0 Å². The smallest absolute Gasteiger partial charge is 0.115 e. The highest BCUT2D eigenvalue weighted by molar-refractivity contribution is 5.25. The molecule has 0 spiro atoms. The van der Waals surface area contributed by atoms with Crippen LogP contribution in [0.25, 0.3) is 0 Å². The molecular weight excluding hydrogens is 164 g/mol. The maximum atomic E-state index is 9.32. The predicted molar refractivity (Wildman–Crippen MR) is 52.7 cm³/mol. The fourth-order valence-electron chi connectivity index (χ4n) is 1.20. The summed E-state index contributed by atoms with van der Waals surface area (Å²) >= 11 is 0. The summed E-state index contributed by atoms with van der Waals surface area (Å²) in [7, 11) is 0. The Bertz CT molecular complexity index is 241. The molecule has 0 saturated heterocycles. The summed E-state index contributed by atoms with van der Waals surface area (Å²) in [5.41, 5.74) is 1.16. The molecule has 1 aromatic carbocycles. The Labute approximate surface area is 78.8 Å². The standard InChI is InChI=1S/C11H16O2/c1-2-10(12)6-3-9-4-7-11(13)8-5-9/h4-5,7-8,10,12-13H,2-3,6H2,1H3. The molecule has 0 aromatic heterocycles. The van der Waals surface area contributed by atoms with E-state index in [2.05, 4.69) is 0 Å². The molecule has 0 aliphatic carbocycles. The molecule has 0 bridgehead atoms. The number of aliphatic hydroxyl groups excluding tert-OH is 1. The van der Waals surface area contributed by atoms with Crippen LogP contribution in [0.15, 0.2) is 24.3 Å². The summed E-state index contributed by atoms with van der Waals surface area (Å²) in [4.78, 5) is 0. The number of hydrogen-bond acceptors (Lipinski definition) is 2. The number of hydrogen-bond donors (Lipinski definition) is 2. The van der Waals surface area contributed by atoms with E-state index in [1.807, 2.05) is 19.1 Å². The van der Waals surface area contributed by atoms with Gasteiger partial charge in [0.1, 0.15) is 5.75 Å². The van der Waals surface area contributed by atoms with Crippen molar-refractivity contribution in [3.63, 3.8) is 0 Å². The van der Waals surface area contributed by atoms with E-state index in [4.69, 9.17) is 5.11 Å².